The average Bonchev–Trinajstić information content (AvgIpc) is 2.69. The molecule has 1 aromatic heterocycles. The summed E-state index contributed by atoms with van der Waals surface area (Å²) in [5, 5.41) is 6.93. The van der Waals surface area contributed by atoms with Crippen LogP contribution >= 0.6 is 11.6 Å². The molecule has 0 aliphatic heterocycles. The second-order valence-electron chi connectivity index (χ2n) is 3.62. The molecule has 0 fully saturated rings. The molecule has 0 saturated heterocycles. The Balaban J connectivity index is 2.48. The van der Waals surface area contributed by atoms with Crippen LogP contribution in [0.3, 0.4) is 0 Å². The minimum Gasteiger partial charge on any atom is -0.330 e. The van der Waals surface area contributed by atoms with Crippen molar-refractivity contribution in [3.63, 3.8) is 0 Å². The number of H-pyrrole nitrogens is 1. The molecule has 0 unspecified atom stereocenters. The van der Waals surface area contributed by atoms with Gasteiger partial charge in [-0.2, -0.15) is 5.10 Å². The summed E-state index contributed by atoms with van der Waals surface area (Å²) in [5.74, 6) is 0.647. The Morgan fingerprint density at radius 3 is 2.88 bits per heavy atom. The van der Waals surface area contributed by atoms with Crippen LogP contribution in [0.2, 0.25) is 5.02 Å². The maximum atomic E-state index is 11.7. The quantitative estimate of drug-likeness (QED) is 0.856. The lowest BCUT2D eigenvalue weighted by molar-refractivity contribution is 0.757. The van der Waals surface area contributed by atoms with Crippen molar-refractivity contribution in [3.8, 4) is 5.69 Å². The predicted molar refractivity (Wildman–Crippen MR) is 66.6 cm³/mol. The lowest BCUT2D eigenvalue weighted by Gasteiger charge is -2.06. The SMILES string of the molecule is NCCCc1n[nH]c(=O)n1-c1ccccc1Cl. The highest BCUT2D eigenvalue weighted by Crippen LogP contribution is 2.19. The van der Waals surface area contributed by atoms with E-state index in [1.54, 1.807) is 12.1 Å². The lowest BCUT2D eigenvalue weighted by Crippen LogP contribution is -2.17. The first-order valence-corrected chi connectivity index (χ1v) is 5.73. The fourth-order valence-corrected chi connectivity index (χ4v) is 1.86. The van der Waals surface area contributed by atoms with Gasteiger partial charge in [0.15, 0.2) is 0 Å². The largest absolute Gasteiger partial charge is 0.347 e. The smallest absolute Gasteiger partial charge is 0.330 e. The van der Waals surface area contributed by atoms with E-state index in [9.17, 15) is 4.79 Å². The molecule has 17 heavy (non-hydrogen) atoms. The second-order valence-corrected chi connectivity index (χ2v) is 4.03. The number of rotatable bonds is 4. The zero-order chi connectivity index (χ0) is 12.3. The first-order valence-electron chi connectivity index (χ1n) is 5.35. The molecule has 0 atom stereocenters. The van der Waals surface area contributed by atoms with Gasteiger partial charge in [0.25, 0.3) is 0 Å². The molecule has 3 N–H and O–H groups in total. The minimum absolute atomic E-state index is 0.287. The third kappa shape index (κ3) is 2.40. The average molecular weight is 253 g/mol. The number of nitrogens with one attached hydrogen (secondary N) is 1. The summed E-state index contributed by atoms with van der Waals surface area (Å²) in [6.07, 6.45) is 1.41. The summed E-state index contributed by atoms with van der Waals surface area (Å²) in [6.45, 7) is 0.559. The van der Waals surface area contributed by atoms with Crippen molar-refractivity contribution in [1.29, 1.82) is 0 Å². The molecule has 5 nitrogen and oxygen atoms in total. The lowest BCUT2D eigenvalue weighted by atomic mass is 10.2. The molecule has 0 radical (unpaired) electrons. The summed E-state index contributed by atoms with van der Waals surface area (Å²) in [6, 6.07) is 7.16. The summed E-state index contributed by atoms with van der Waals surface area (Å²) < 4.78 is 1.48. The standard InChI is InChI=1S/C11H13ClN4O/c12-8-4-1-2-5-9(8)16-10(6-3-7-13)14-15-11(16)17/h1-2,4-5H,3,6-7,13H2,(H,15,17). The summed E-state index contributed by atoms with van der Waals surface area (Å²) in [7, 11) is 0. The van der Waals surface area contributed by atoms with Gasteiger partial charge in [-0.3, -0.25) is 0 Å². The highest BCUT2D eigenvalue weighted by atomic mass is 35.5. The summed E-state index contributed by atoms with van der Waals surface area (Å²) in [4.78, 5) is 11.7. The van der Waals surface area contributed by atoms with Crippen LogP contribution in [0.15, 0.2) is 29.1 Å². The fraction of sp³-hybridized carbons (Fsp3) is 0.273. The van der Waals surface area contributed by atoms with Gasteiger partial charge < -0.3 is 5.73 Å². The number of aromatic nitrogens is 3. The number of hydrogen-bond acceptors (Lipinski definition) is 3. The molecule has 0 spiro atoms. The number of aryl methyl sites for hydroxylation is 1. The van der Waals surface area contributed by atoms with Gasteiger partial charge in [-0.15, -0.1) is 0 Å². The Labute approximate surface area is 103 Å². The van der Waals surface area contributed by atoms with Crippen molar-refractivity contribution in [1.82, 2.24) is 14.8 Å². The van der Waals surface area contributed by atoms with Gasteiger partial charge in [0, 0.05) is 6.42 Å². The van der Waals surface area contributed by atoms with E-state index in [1.807, 2.05) is 12.1 Å². The van der Waals surface area contributed by atoms with Crippen molar-refractivity contribution >= 4 is 11.6 Å². The van der Waals surface area contributed by atoms with Gasteiger partial charge in [-0.05, 0) is 25.1 Å². The number of nitrogens with two attached hydrogens (primary N) is 1. The van der Waals surface area contributed by atoms with E-state index in [0.717, 1.165) is 6.42 Å². The number of para-hydroxylation sites is 1. The molecule has 1 aromatic carbocycles. The monoisotopic (exact) mass is 252 g/mol. The fourth-order valence-electron chi connectivity index (χ4n) is 1.64. The molecule has 0 amide bonds. The van der Waals surface area contributed by atoms with Crippen LogP contribution < -0.4 is 11.4 Å². The van der Waals surface area contributed by atoms with E-state index in [0.29, 0.717) is 29.5 Å². The Morgan fingerprint density at radius 1 is 1.41 bits per heavy atom. The molecule has 0 aliphatic carbocycles. The van der Waals surface area contributed by atoms with Gasteiger partial charge in [0.2, 0.25) is 0 Å². The van der Waals surface area contributed by atoms with E-state index in [4.69, 9.17) is 17.3 Å². The van der Waals surface area contributed by atoms with Crippen LogP contribution in [0.1, 0.15) is 12.2 Å². The van der Waals surface area contributed by atoms with E-state index in [1.165, 1.54) is 4.57 Å². The molecule has 6 heteroatoms. The van der Waals surface area contributed by atoms with E-state index in [-0.39, 0.29) is 5.69 Å². The Morgan fingerprint density at radius 2 is 2.18 bits per heavy atom. The number of benzene rings is 1. The van der Waals surface area contributed by atoms with Gasteiger partial charge in [-0.25, -0.2) is 14.5 Å². The zero-order valence-corrected chi connectivity index (χ0v) is 9.94. The highest BCUT2D eigenvalue weighted by Gasteiger charge is 2.11. The van der Waals surface area contributed by atoms with Gasteiger partial charge >= 0.3 is 5.69 Å². The van der Waals surface area contributed by atoms with Crippen LogP contribution in [0.4, 0.5) is 0 Å². The van der Waals surface area contributed by atoms with Crippen LogP contribution in [-0.4, -0.2) is 21.3 Å². The van der Waals surface area contributed by atoms with Gasteiger partial charge in [0.05, 0.1) is 10.7 Å². The highest BCUT2D eigenvalue weighted by molar-refractivity contribution is 6.32. The van der Waals surface area contributed by atoms with Gasteiger partial charge in [-0.1, -0.05) is 23.7 Å². The van der Waals surface area contributed by atoms with E-state index < -0.39 is 0 Å². The Hall–Kier alpha value is -1.59. The van der Waals surface area contributed by atoms with Gasteiger partial charge in [0.1, 0.15) is 5.82 Å². The van der Waals surface area contributed by atoms with Crippen LogP contribution in [0.5, 0.6) is 0 Å². The van der Waals surface area contributed by atoms with E-state index in [2.05, 4.69) is 10.2 Å². The van der Waals surface area contributed by atoms with Crippen molar-refractivity contribution in [2.75, 3.05) is 6.54 Å². The summed E-state index contributed by atoms with van der Waals surface area (Å²) in [5.41, 5.74) is 5.80. The maximum absolute atomic E-state index is 11.7. The minimum atomic E-state index is -0.287. The molecule has 0 saturated carbocycles. The molecule has 1 heterocycles. The maximum Gasteiger partial charge on any atom is 0.347 e. The number of aromatic amines is 1. The normalized spacial score (nSPS) is 10.7. The van der Waals surface area contributed by atoms with Crippen LogP contribution in [0.25, 0.3) is 5.69 Å². The third-order valence-electron chi connectivity index (χ3n) is 2.44. The number of halogens is 1. The van der Waals surface area contributed by atoms with Crippen LogP contribution in [-0.2, 0) is 6.42 Å². The van der Waals surface area contributed by atoms with Crippen molar-refractivity contribution in [3.05, 3.63) is 45.6 Å². The number of hydrogen-bond donors (Lipinski definition) is 2. The van der Waals surface area contributed by atoms with Crippen molar-refractivity contribution in [2.45, 2.75) is 12.8 Å². The zero-order valence-electron chi connectivity index (χ0n) is 9.19. The molecular weight excluding hydrogens is 240 g/mol. The molecule has 2 aromatic rings. The second kappa shape index (κ2) is 5.16. The summed E-state index contributed by atoms with van der Waals surface area (Å²) >= 11 is 6.07. The first kappa shape index (κ1) is 11.9. The molecule has 0 aliphatic rings. The Bertz CT molecular complexity index is 561. The molecular formula is C11H13ClN4O. The Kier molecular flexibility index (Phi) is 3.61. The molecule has 2 rings (SSSR count). The van der Waals surface area contributed by atoms with E-state index >= 15 is 0 Å². The van der Waals surface area contributed by atoms with Crippen molar-refractivity contribution < 1.29 is 0 Å². The molecule has 90 valence electrons. The first-order chi connectivity index (χ1) is 8.24. The van der Waals surface area contributed by atoms with Crippen LogP contribution in [0, 0.1) is 0 Å². The third-order valence-corrected chi connectivity index (χ3v) is 2.76. The molecule has 0 bridgehead atoms. The predicted octanol–water partition coefficient (Wildman–Crippen LogP) is 1.11. The van der Waals surface area contributed by atoms with Crippen molar-refractivity contribution in [2.24, 2.45) is 5.73 Å². The number of nitrogens with zero attached hydrogens (tertiary/aromatic N) is 2. The topological polar surface area (TPSA) is 76.7 Å².